The molecular formula is C6H6N2O5. The van der Waals surface area contributed by atoms with Crippen LogP contribution in [0.15, 0.2) is 15.8 Å². The van der Waals surface area contributed by atoms with Gasteiger partial charge in [-0.15, -0.1) is 0 Å². The highest BCUT2D eigenvalue weighted by Gasteiger charge is 2.10. The number of rotatable bonds is 2. The van der Waals surface area contributed by atoms with Gasteiger partial charge in [0.05, 0.1) is 0 Å². The van der Waals surface area contributed by atoms with Crippen molar-refractivity contribution < 1.29 is 15.0 Å². The summed E-state index contributed by atoms with van der Waals surface area (Å²) in [5.41, 5.74) is -2.42. The largest absolute Gasteiger partial charge is 0.477 e. The summed E-state index contributed by atoms with van der Waals surface area (Å²) in [6.45, 7) is -0.685. The van der Waals surface area contributed by atoms with E-state index in [1.165, 1.54) is 0 Å². The Bertz CT molecular complexity index is 443. The zero-order chi connectivity index (χ0) is 10.0. The fourth-order valence-electron chi connectivity index (χ4n) is 0.767. The van der Waals surface area contributed by atoms with Crippen molar-refractivity contribution in [3.63, 3.8) is 0 Å². The Hall–Kier alpha value is -1.89. The molecule has 0 atom stereocenters. The molecule has 3 N–H and O–H groups in total. The first kappa shape index (κ1) is 9.20. The van der Waals surface area contributed by atoms with E-state index >= 15 is 0 Å². The Morgan fingerprint density at radius 3 is 2.62 bits per heavy atom. The molecule has 0 aliphatic carbocycles. The van der Waals surface area contributed by atoms with Crippen molar-refractivity contribution in [3.05, 3.63) is 32.6 Å². The van der Waals surface area contributed by atoms with E-state index in [9.17, 15) is 14.4 Å². The summed E-state index contributed by atoms with van der Waals surface area (Å²) < 4.78 is 0.671. The number of aliphatic hydroxyl groups is 1. The molecule has 1 aromatic heterocycles. The minimum atomic E-state index is -1.46. The Labute approximate surface area is 70.9 Å². The second-order valence-electron chi connectivity index (χ2n) is 2.22. The molecule has 0 amide bonds. The monoisotopic (exact) mass is 186 g/mol. The number of H-pyrrole nitrogens is 1. The highest BCUT2D eigenvalue weighted by Crippen LogP contribution is 1.86. The smallest absolute Gasteiger partial charge is 0.342 e. The summed E-state index contributed by atoms with van der Waals surface area (Å²) in [6.07, 6.45) is 0.781. The molecule has 13 heavy (non-hydrogen) atoms. The highest BCUT2D eigenvalue weighted by molar-refractivity contribution is 5.86. The van der Waals surface area contributed by atoms with Crippen LogP contribution < -0.4 is 11.2 Å². The van der Waals surface area contributed by atoms with Crippen LogP contribution in [0.25, 0.3) is 0 Å². The molecule has 0 unspecified atom stereocenters. The zero-order valence-corrected chi connectivity index (χ0v) is 6.35. The Morgan fingerprint density at radius 2 is 2.15 bits per heavy atom. The fourth-order valence-corrected chi connectivity index (χ4v) is 0.767. The van der Waals surface area contributed by atoms with Crippen molar-refractivity contribution in [1.29, 1.82) is 0 Å². The van der Waals surface area contributed by atoms with E-state index in [4.69, 9.17) is 10.2 Å². The third-order valence-electron chi connectivity index (χ3n) is 1.39. The second-order valence-corrected chi connectivity index (χ2v) is 2.22. The van der Waals surface area contributed by atoms with Gasteiger partial charge in [-0.25, -0.2) is 9.59 Å². The fraction of sp³-hybridized carbons (Fsp3) is 0.167. The predicted octanol–water partition coefficient (Wildman–Crippen LogP) is -1.82. The second kappa shape index (κ2) is 3.23. The molecule has 0 aliphatic heterocycles. The summed E-state index contributed by atoms with van der Waals surface area (Å²) in [5, 5.41) is 17.0. The molecule has 0 aliphatic rings. The zero-order valence-electron chi connectivity index (χ0n) is 6.35. The number of aliphatic hydroxyl groups excluding tert-OH is 1. The van der Waals surface area contributed by atoms with Crippen molar-refractivity contribution in [3.8, 4) is 0 Å². The number of carboxylic acid groups (broad SMARTS) is 1. The Morgan fingerprint density at radius 1 is 1.54 bits per heavy atom. The lowest BCUT2D eigenvalue weighted by Crippen LogP contribution is -2.33. The van der Waals surface area contributed by atoms with Gasteiger partial charge in [0.25, 0.3) is 5.56 Å². The van der Waals surface area contributed by atoms with Crippen LogP contribution in [0.3, 0.4) is 0 Å². The van der Waals surface area contributed by atoms with Gasteiger partial charge in [-0.1, -0.05) is 0 Å². The molecule has 7 nitrogen and oxygen atoms in total. The van der Waals surface area contributed by atoms with Crippen molar-refractivity contribution in [2.45, 2.75) is 6.73 Å². The number of aromatic amines is 1. The van der Waals surface area contributed by atoms with Gasteiger partial charge >= 0.3 is 11.7 Å². The normalized spacial score (nSPS) is 9.92. The Kier molecular flexibility index (Phi) is 2.29. The van der Waals surface area contributed by atoms with Gasteiger partial charge in [0.1, 0.15) is 12.3 Å². The number of hydrogen-bond donors (Lipinski definition) is 3. The summed E-state index contributed by atoms with van der Waals surface area (Å²) in [6, 6.07) is 0. The number of nitrogens with one attached hydrogen (secondary N) is 1. The molecular weight excluding hydrogens is 180 g/mol. The number of carboxylic acids is 1. The first-order valence-corrected chi connectivity index (χ1v) is 3.24. The van der Waals surface area contributed by atoms with Crippen molar-refractivity contribution in [2.75, 3.05) is 0 Å². The van der Waals surface area contributed by atoms with Crippen LogP contribution in [0.5, 0.6) is 0 Å². The molecule has 0 aromatic carbocycles. The summed E-state index contributed by atoms with van der Waals surface area (Å²) in [7, 11) is 0. The minimum absolute atomic E-state index is 0.589. The quantitative estimate of drug-likeness (QED) is 0.503. The lowest BCUT2D eigenvalue weighted by molar-refractivity contribution is 0.0692. The molecule has 70 valence electrons. The van der Waals surface area contributed by atoms with Crippen LogP contribution in [0.1, 0.15) is 10.4 Å². The molecule has 0 bridgehead atoms. The van der Waals surface area contributed by atoms with Crippen LogP contribution in [0.4, 0.5) is 0 Å². The first-order chi connectivity index (χ1) is 6.06. The van der Waals surface area contributed by atoms with Gasteiger partial charge in [0.15, 0.2) is 0 Å². The molecule has 1 aromatic rings. The van der Waals surface area contributed by atoms with E-state index in [0.717, 1.165) is 6.20 Å². The van der Waals surface area contributed by atoms with Crippen LogP contribution in [-0.4, -0.2) is 25.7 Å². The van der Waals surface area contributed by atoms with Gasteiger partial charge in [0, 0.05) is 6.20 Å². The van der Waals surface area contributed by atoms with Crippen molar-refractivity contribution in [2.24, 2.45) is 0 Å². The van der Waals surface area contributed by atoms with Crippen LogP contribution in [-0.2, 0) is 6.73 Å². The van der Waals surface area contributed by atoms with Crippen molar-refractivity contribution >= 4 is 5.97 Å². The molecule has 7 heteroatoms. The number of hydrogen-bond acceptors (Lipinski definition) is 4. The van der Waals surface area contributed by atoms with Gasteiger partial charge in [-0.3, -0.25) is 14.3 Å². The minimum Gasteiger partial charge on any atom is -0.477 e. The standard InChI is InChI=1S/C6H6N2O5/c9-2-8-1-3(5(11)12)4(10)7-6(8)13/h1,9H,2H2,(H,11,12)(H,7,10,13). The van der Waals surface area contributed by atoms with Crippen LogP contribution in [0.2, 0.25) is 0 Å². The topological polar surface area (TPSA) is 112 Å². The van der Waals surface area contributed by atoms with Crippen LogP contribution in [0, 0.1) is 0 Å². The highest BCUT2D eigenvalue weighted by atomic mass is 16.4. The van der Waals surface area contributed by atoms with Crippen LogP contribution >= 0.6 is 0 Å². The maximum absolute atomic E-state index is 10.8. The van der Waals surface area contributed by atoms with Gasteiger partial charge in [0.2, 0.25) is 0 Å². The molecule has 0 spiro atoms. The maximum atomic E-state index is 10.8. The van der Waals surface area contributed by atoms with E-state index in [1.54, 1.807) is 4.98 Å². The Balaban J connectivity index is 3.48. The van der Waals surface area contributed by atoms with E-state index < -0.39 is 29.5 Å². The molecule has 0 fully saturated rings. The molecule has 0 radical (unpaired) electrons. The molecule has 0 saturated heterocycles. The maximum Gasteiger partial charge on any atom is 0.342 e. The SMILES string of the molecule is O=C(O)c1cn(CO)c(=O)[nH]c1=O. The lowest BCUT2D eigenvalue weighted by atomic mass is 10.3. The van der Waals surface area contributed by atoms with E-state index in [2.05, 4.69) is 0 Å². The molecule has 1 rings (SSSR count). The lowest BCUT2D eigenvalue weighted by Gasteiger charge is -1.99. The summed E-state index contributed by atoms with van der Waals surface area (Å²) in [5.74, 6) is -1.46. The van der Waals surface area contributed by atoms with Gasteiger partial charge in [-0.05, 0) is 0 Å². The van der Waals surface area contributed by atoms with Crippen molar-refractivity contribution in [1.82, 2.24) is 9.55 Å². The number of aromatic carboxylic acids is 1. The molecule has 1 heterocycles. The van der Waals surface area contributed by atoms with Gasteiger partial charge in [-0.2, -0.15) is 0 Å². The van der Waals surface area contributed by atoms with E-state index in [0.29, 0.717) is 4.57 Å². The van der Waals surface area contributed by atoms with Gasteiger partial charge < -0.3 is 10.2 Å². The summed E-state index contributed by atoms with van der Waals surface area (Å²) >= 11 is 0. The summed E-state index contributed by atoms with van der Waals surface area (Å²) in [4.78, 5) is 33.8. The van der Waals surface area contributed by atoms with E-state index in [-0.39, 0.29) is 0 Å². The third kappa shape index (κ3) is 1.64. The molecule has 0 saturated carbocycles. The average Bonchev–Trinajstić information content (AvgIpc) is 2.03. The van der Waals surface area contributed by atoms with E-state index in [1.807, 2.05) is 0 Å². The third-order valence-corrected chi connectivity index (χ3v) is 1.39. The number of carbonyl (C=O) groups is 1. The average molecular weight is 186 g/mol. The number of nitrogens with zero attached hydrogens (tertiary/aromatic N) is 1. The predicted molar refractivity (Wildman–Crippen MR) is 40.5 cm³/mol. The number of aromatic nitrogens is 2. The first-order valence-electron chi connectivity index (χ1n) is 3.24.